The SMILES string of the molecule is COc1cc(/C=N\NC(=O)CCNC(=O)c2ccccc2)ccc1OC(=O)c1cc(OC)c(OC)c(OC)c1. The molecular weight excluding hydrogens is 506 g/mol. The lowest BCUT2D eigenvalue weighted by Crippen LogP contribution is -2.28. The Hall–Kier alpha value is -5.06. The number of carbonyl (C=O) groups excluding carboxylic acids is 3. The summed E-state index contributed by atoms with van der Waals surface area (Å²) in [7, 11) is 5.79. The highest BCUT2D eigenvalue weighted by Gasteiger charge is 2.19. The van der Waals surface area contributed by atoms with Crippen molar-refractivity contribution in [3.05, 3.63) is 77.4 Å². The second-order valence-corrected chi connectivity index (χ2v) is 7.88. The largest absolute Gasteiger partial charge is 0.493 e. The Morgan fingerprint density at radius 1 is 0.769 bits per heavy atom. The molecular formula is C28H29N3O8. The van der Waals surface area contributed by atoms with E-state index in [1.165, 1.54) is 52.9 Å². The van der Waals surface area contributed by atoms with Crippen molar-refractivity contribution < 1.29 is 38.1 Å². The molecule has 11 nitrogen and oxygen atoms in total. The van der Waals surface area contributed by atoms with Crippen LogP contribution in [0.4, 0.5) is 0 Å². The number of rotatable bonds is 12. The third kappa shape index (κ3) is 7.71. The molecule has 204 valence electrons. The zero-order valence-corrected chi connectivity index (χ0v) is 22.0. The van der Waals surface area contributed by atoms with Gasteiger partial charge in [-0.15, -0.1) is 0 Å². The van der Waals surface area contributed by atoms with Crippen LogP contribution in [0.25, 0.3) is 0 Å². The van der Waals surface area contributed by atoms with Crippen molar-refractivity contribution in [1.29, 1.82) is 0 Å². The van der Waals surface area contributed by atoms with E-state index in [1.807, 2.05) is 6.07 Å². The molecule has 0 heterocycles. The summed E-state index contributed by atoms with van der Waals surface area (Å²) < 4.78 is 26.7. The predicted molar refractivity (Wildman–Crippen MR) is 143 cm³/mol. The Morgan fingerprint density at radius 2 is 1.44 bits per heavy atom. The van der Waals surface area contributed by atoms with Gasteiger partial charge in [0.05, 0.1) is 40.2 Å². The molecule has 0 atom stereocenters. The van der Waals surface area contributed by atoms with E-state index in [2.05, 4.69) is 15.8 Å². The average Bonchev–Trinajstić information content (AvgIpc) is 2.97. The first-order valence-electron chi connectivity index (χ1n) is 11.8. The monoisotopic (exact) mass is 535 g/mol. The normalized spacial score (nSPS) is 10.5. The predicted octanol–water partition coefficient (Wildman–Crippen LogP) is 3.21. The van der Waals surface area contributed by atoms with E-state index in [0.717, 1.165) is 0 Å². The second kappa shape index (κ2) is 14.0. The maximum Gasteiger partial charge on any atom is 0.343 e. The number of ether oxygens (including phenoxy) is 5. The van der Waals surface area contributed by atoms with Crippen LogP contribution in [0.2, 0.25) is 0 Å². The van der Waals surface area contributed by atoms with Crippen LogP contribution >= 0.6 is 0 Å². The van der Waals surface area contributed by atoms with E-state index in [9.17, 15) is 14.4 Å². The highest BCUT2D eigenvalue weighted by Crippen LogP contribution is 2.38. The maximum atomic E-state index is 12.8. The summed E-state index contributed by atoms with van der Waals surface area (Å²) in [5.74, 6) is 0.113. The van der Waals surface area contributed by atoms with Crippen LogP contribution in [0.15, 0.2) is 65.8 Å². The molecule has 0 aliphatic rings. The lowest BCUT2D eigenvalue weighted by molar-refractivity contribution is -0.120. The fraction of sp³-hybridized carbons (Fsp3) is 0.214. The van der Waals surface area contributed by atoms with Gasteiger partial charge in [0.15, 0.2) is 23.0 Å². The molecule has 0 aromatic heterocycles. The molecule has 0 radical (unpaired) electrons. The lowest BCUT2D eigenvalue weighted by atomic mass is 10.1. The number of nitrogens with one attached hydrogen (secondary N) is 2. The summed E-state index contributed by atoms with van der Waals surface area (Å²) in [6, 6.07) is 16.4. The summed E-state index contributed by atoms with van der Waals surface area (Å²) in [6.07, 6.45) is 1.46. The molecule has 0 bridgehead atoms. The third-order valence-electron chi connectivity index (χ3n) is 5.37. The molecule has 11 heteroatoms. The fourth-order valence-electron chi connectivity index (χ4n) is 3.42. The van der Waals surface area contributed by atoms with Crippen molar-refractivity contribution in [1.82, 2.24) is 10.7 Å². The van der Waals surface area contributed by atoms with Gasteiger partial charge in [0.2, 0.25) is 11.7 Å². The Labute approximate surface area is 225 Å². The minimum atomic E-state index is -0.666. The molecule has 3 rings (SSSR count). The maximum absolute atomic E-state index is 12.8. The summed E-state index contributed by atoms with van der Waals surface area (Å²) in [5, 5.41) is 6.60. The van der Waals surface area contributed by atoms with E-state index < -0.39 is 5.97 Å². The van der Waals surface area contributed by atoms with Gasteiger partial charge in [-0.05, 0) is 48.0 Å². The number of nitrogens with zero attached hydrogens (tertiary/aromatic N) is 1. The van der Waals surface area contributed by atoms with Gasteiger partial charge in [0.1, 0.15) is 0 Å². The van der Waals surface area contributed by atoms with E-state index >= 15 is 0 Å². The van der Waals surface area contributed by atoms with E-state index in [1.54, 1.807) is 36.4 Å². The first kappa shape index (κ1) is 28.5. The van der Waals surface area contributed by atoms with E-state index in [0.29, 0.717) is 28.4 Å². The van der Waals surface area contributed by atoms with Gasteiger partial charge in [0, 0.05) is 18.5 Å². The van der Waals surface area contributed by atoms with Crippen LogP contribution in [0.3, 0.4) is 0 Å². The van der Waals surface area contributed by atoms with E-state index in [-0.39, 0.29) is 41.8 Å². The Bertz CT molecular complexity index is 1320. The summed E-state index contributed by atoms with van der Waals surface area (Å²) >= 11 is 0. The Balaban J connectivity index is 1.58. The minimum Gasteiger partial charge on any atom is -0.493 e. The number of hydrogen-bond donors (Lipinski definition) is 2. The summed E-state index contributed by atoms with van der Waals surface area (Å²) in [4.78, 5) is 36.9. The molecule has 0 unspecified atom stereocenters. The van der Waals surface area contributed by atoms with Gasteiger partial charge in [-0.2, -0.15) is 5.10 Å². The fourth-order valence-corrected chi connectivity index (χ4v) is 3.42. The molecule has 0 fully saturated rings. The molecule has 2 amide bonds. The standard InChI is InChI=1S/C28H29N3O8/c1-35-22-14-18(17-30-31-25(32)12-13-29-27(33)19-8-6-5-7-9-19)10-11-21(22)39-28(34)20-15-23(36-2)26(38-4)24(16-20)37-3/h5-11,14-17H,12-13H2,1-4H3,(H,29,33)(H,31,32)/b30-17-. The van der Waals surface area contributed by atoms with Crippen LogP contribution in [-0.4, -0.2) is 59.0 Å². The van der Waals surface area contributed by atoms with Crippen LogP contribution in [0.5, 0.6) is 28.7 Å². The first-order valence-corrected chi connectivity index (χ1v) is 11.8. The van der Waals surface area contributed by atoms with Crippen LogP contribution in [-0.2, 0) is 4.79 Å². The second-order valence-electron chi connectivity index (χ2n) is 7.88. The quantitative estimate of drug-likeness (QED) is 0.156. The summed E-state index contributed by atoms with van der Waals surface area (Å²) in [5.41, 5.74) is 3.68. The molecule has 0 saturated carbocycles. The van der Waals surface area contributed by atoms with Crippen molar-refractivity contribution in [2.45, 2.75) is 6.42 Å². The molecule has 39 heavy (non-hydrogen) atoms. The molecule has 3 aromatic rings. The number of methoxy groups -OCH3 is 4. The van der Waals surface area contributed by atoms with Crippen molar-refractivity contribution in [2.24, 2.45) is 5.10 Å². The van der Waals surface area contributed by atoms with Gasteiger partial charge in [0.25, 0.3) is 5.91 Å². The average molecular weight is 536 g/mol. The molecule has 0 aliphatic heterocycles. The summed E-state index contributed by atoms with van der Waals surface area (Å²) in [6.45, 7) is 0.162. The van der Waals surface area contributed by atoms with Crippen molar-refractivity contribution in [3.8, 4) is 28.7 Å². The zero-order valence-electron chi connectivity index (χ0n) is 22.0. The third-order valence-corrected chi connectivity index (χ3v) is 5.37. The van der Waals surface area contributed by atoms with Crippen LogP contribution in [0, 0.1) is 0 Å². The van der Waals surface area contributed by atoms with Gasteiger partial charge in [-0.25, -0.2) is 10.2 Å². The lowest BCUT2D eigenvalue weighted by Gasteiger charge is -2.14. The number of hydrogen-bond acceptors (Lipinski definition) is 9. The van der Waals surface area contributed by atoms with Crippen LogP contribution < -0.4 is 34.4 Å². The smallest absolute Gasteiger partial charge is 0.343 e. The van der Waals surface area contributed by atoms with Crippen molar-refractivity contribution in [3.63, 3.8) is 0 Å². The van der Waals surface area contributed by atoms with E-state index in [4.69, 9.17) is 23.7 Å². The minimum absolute atomic E-state index is 0.0507. The number of esters is 1. The topological polar surface area (TPSA) is 134 Å². The molecule has 2 N–H and O–H groups in total. The number of benzene rings is 3. The number of hydrazone groups is 1. The van der Waals surface area contributed by atoms with Gasteiger partial charge >= 0.3 is 5.97 Å². The van der Waals surface area contributed by atoms with Gasteiger partial charge in [-0.3, -0.25) is 9.59 Å². The number of amides is 2. The number of carbonyl (C=O) groups is 3. The highest BCUT2D eigenvalue weighted by atomic mass is 16.6. The molecule has 0 saturated heterocycles. The van der Waals surface area contributed by atoms with Gasteiger partial charge < -0.3 is 29.0 Å². The zero-order chi connectivity index (χ0) is 28.2. The molecule has 0 spiro atoms. The van der Waals surface area contributed by atoms with Crippen molar-refractivity contribution in [2.75, 3.05) is 35.0 Å². The van der Waals surface area contributed by atoms with Crippen LogP contribution in [0.1, 0.15) is 32.7 Å². The Morgan fingerprint density at radius 3 is 2.05 bits per heavy atom. The Kier molecular flexibility index (Phi) is 10.3. The van der Waals surface area contributed by atoms with Crippen molar-refractivity contribution >= 4 is 24.0 Å². The first-order chi connectivity index (χ1) is 18.9. The molecule has 3 aromatic carbocycles. The molecule has 0 aliphatic carbocycles. The van der Waals surface area contributed by atoms with Gasteiger partial charge in [-0.1, -0.05) is 18.2 Å². The highest BCUT2D eigenvalue weighted by molar-refractivity contribution is 5.94.